The number of hydrogen-bond donors (Lipinski definition) is 3. The average molecular weight is 346 g/mol. The van der Waals surface area contributed by atoms with E-state index in [9.17, 15) is 24.9 Å². The van der Waals surface area contributed by atoms with E-state index in [-0.39, 0.29) is 28.8 Å². The van der Waals surface area contributed by atoms with Crippen LogP contribution in [0.15, 0.2) is 23.3 Å². The molecule has 0 bridgehead atoms. The first-order valence-corrected chi connectivity index (χ1v) is 9.15. The molecule has 0 unspecified atom stereocenters. The molecule has 4 aliphatic carbocycles. The third-order valence-corrected chi connectivity index (χ3v) is 7.63. The zero-order valence-electron chi connectivity index (χ0n) is 15.0. The minimum atomic E-state index is -1.40. The van der Waals surface area contributed by atoms with Crippen molar-refractivity contribution in [3.05, 3.63) is 23.3 Å². The lowest BCUT2D eigenvalue weighted by Crippen LogP contribution is -2.60. The highest BCUT2D eigenvalue weighted by Crippen LogP contribution is 2.64. The van der Waals surface area contributed by atoms with Crippen LogP contribution in [0, 0.1) is 28.6 Å². The molecular formula is C20H26O5. The fourth-order valence-electron chi connectivity index (χ4n) is 5.81. The largest absolute Gasteiger partial charge is 0.389 e. The zero-order valence-corrected chi connectivity index (χ0v) is 15.0. The standard InChI is InChI=1S/C20H26O5/c1-8-5-6-19(4)12(10(8)3)15(22)14(21)11-13(19)16(23)18(25)20(17(11)24)7-9(20)2/h8-9,12,14-15,18,21-22,25H,3,5-7H2,1-2,4H3/t8-,9-,12-,14+,15+,18+,19+,20-/m1/s1. The molecule has 0 heterocycles. The monoisotopic (exact) mass is 346 g/mol. The van der Waals surface area contributed by atoms with E-state index >= 15 is 0 Å². The first kappa shape index (κ1) is 17.1. The number of fused-ring (bicyclic) bond motifs is 2. The summed E-state index contributed by atoms with van der Waals surface area (Å²) >= 11 is 0. The van der Waals surface area contributed by atoms with E-state index in [0.29, 0.717) is 12.8 Å². The summed E-state index contributed by atoms with van der Waals surface area (Å²) in [5.74, 6) is -1.20. The smallest absolute Gasteiger partial charge is 0.189 e. The molecule has 25 heavy (non-hydrogen) atoms. The topological polar surface area (TPSA) is 94.8 Å². The van der Waals surface area contributed by atoms with E-state index in [0.717, 1.165) is 12.0 Å². The molecule has 3 N–H and O–H groups in total. The Balaban J connectivity index is 1.94. The maximum atomic E-state index is 13.2. The van der Waals surface area contributed by atoms with E-state index in [1.54, 1.807) is 0 Å². The van der Waals surface area contributed by atoms with Crippen molar-refractivity contribution in [3.63, 3.8) is 0 Å². The van der Waals surface area contributed by atoms with Crippen LogP contribution in [0.4, 0.5) is 0 Å². The summed E-state index contributed by atoms with van der Waals surface area (Å²) in [4.78, 5) is 26.3. The van der Waals surface area contributed by atoms with Crippen molar-refractivity contribution >= 4 is 11.6 Å². The summed E-state index contributed by atoms with van der Waals surface area (Å²) in [6, 6.07) is 0. The number of carbonyl (C=O) groups is 2. The minimum Gasteiger partial charge on any atom is -0.389 e. The molecule has 0 aromatic carbocycles. The highest BCUT2D eigenvalue weighted by atomic mass is 16.3. The summed E-state index contributed by atoms with van der Waals surface area (Å²) in [6.07, 6.45) is -2.04. The van der Waals surface area contributed by atoms with Crippen LogP contribution in [0.3, 0.4) is 0 Å². The van der Waals surface area contributed by atoms with Gasteiger partial charge in [-0.05, 0) is 31.1 Å². The Morgan fingerprint density at radius 2 is 1.76 bits per heavy atom. The second kappa shape index (κ2) is 4.90. The molecular weight excluding hydrogens is 320 g/mol. The highest BCUT2D eigenvalue weighted by Gasteiger charge is 2.71. The second-order valence-electron chi connectivity index (χ2n) is 8.88. The number of carbonyl (C=O) groups excluding carboxylic acids is 2. The zero-order chi connectivity index (χ0) is 18.5. The van der Waals surface area contributed by atoms with Crippen LogP contribution in [-0.4, -0.2) is 45.2 Å². The van der Waals surface area contributed by atoms with E-state index in [2.05, 4.69) is 6.58 Å². The number of aliphatic hydroxyl groups is 3. The molecule has 0 aliphatic heterocycles. The molecule has 1 spiro atoms. The number of aliphatic hydroxyl groups excluding tert-OH is 3. The Bertz CT molecular complexity index is 736. The lowest BCUT2D eigenvalue weighted by atomic mass is 9.50. The van der Waals surface area contributed by atoms with Crippen LogP contribution < -0.4 is 0 Å². The number of rotatable bonds is 0. The third-order valence-electron chi connectivity index (χ3n) is 7.63. The van der Waals surface area contributed by atoms with Gasteiger partial charge in [-0.1, -0.05) is 32.9 Å². The van der Waals surface area contributed by atoms with Gasteiger partial charge < -0.3 is 15.3 Å². The van der Waals surface area contributed by atoms with Crippen LogP contribution in [0.25, 0.3) is 0 Å². The minimum absolute atomic E-state index is 0.0493. The fraction of sp³-hybridized carbons (Fsp3) is 0.700. The van der Waals surface area contributed by atoms with Gasteiger partial charge in [0, 0.05) is 22.5 Å². The van der Waals surface area contributed by atoms with Gasteiger partial charge in [-0.15, -0.1) is 0 Å². The van der Waals surface area contributed by atoms with Crippen molar-refractivity contribution < 1.29 is 24.9 Å². The molecule has 5 nitrogen and oxygen atoms in total. The molecule has 2 saturated carbocycles. The van der Waals surface area contributed by atoms with Gasteiger partial charge in [-0.25, -0.2) is 0 Å². The van der Waals surface area contributed by atoms with Gasteiger partial charge in [0.15, 0.2) is 11.6 Å². The average Bonchev–Trinajstić information content (AvgIpc) is 3.23. The van der Waals surface area contributed by atoms with Gasteiger partial charge in [-0.3, -0.25) is 9.59 Å². The molecule has 0 radical (unpaired) electrons. The Morgan fingerprint density at radius 3 is 2.32 bits per heavy atom. The van der Waals surface area contributed by atoms with Gasteiger partial charge in [0.1, 0.15) is 12.2 Å². The molecule has 0 aromatic rings. The SMILES string of the molecule is C=C1[C@H](C)CC[C@]2(C)C3=C(C(=O)[C@]4(C[C@H]4C)[C@@H](O)C3=O)[C@H](O)[C@@H](O)[C@@H]12. The second-order valence-corrected chi connectivity index (χ2v) is 8.88. The maximum absolute atomic E-state index is 13.2. The highest BCUT2D eigenvalue weighted by molar-refractivity contribution is 6.19. The van der Waals surface area contributed by atoms with Gasteiger partial charge in [0.05, 0.1) is 11.5 Å². The van der Waals surface area contributed by atoms with Crippen LogP contribution >= 0.6 is 0 Å². The Kier molecular flexibility index (Phi) is 3.36. The van der Waals surface area contributed by atoms with Crippen LogP contribution in [0.1, 0.15) is 40.0 Å². The predicted octanol–water partition coefficient (Wildman–Crippen LogP) is 1.17. The van der Waals surface area contributed by atoms with Gasteiger partial charge in [0.2, 0.25) is 0 Å². The lowest BCUT2D eigenvalue weighted by molar-refractivity contribution is -0.145. The van der Waals surface area contributed by atoms with Crippen molar-refractivity contribution in [2.45, 2.75) is 58.3 Å². The Hall–Kier alpha value is -1.30. The van der Waals surface area contributed by atoms with Crippen molar-refractivity contribution in [3.8, 4) is 0 Å². The van der Waals surface area contributed by atoms with E-state index in [4.69, 9.17) is 0 Å². The van der Waals surface area contributed by atoms with Gasteiger partial charge in [-0.2, -0.15) is 0 Å². The fourth-order valence-corrected chi connectivity index (χ4v) is 5.81. The summed E-state index contributed by atoms with van der Waals surface area (Å²) in [6.45, 7) is 9.83. The molecule has 0 amide bonds. The Morgan fingerprint density at radius 1 is 1.16 bits per heavy atom. The van der Waals surface area contributed by atoms with Gasteiger partial charge in [0.25, 0.3) is 0 Å². The molecule has 4 rings (SSSR count). The van der Waals surface area contributed by atoms with E-state index in [1.807, 2.05) is 20.8 Å². The first-order valence-electron chi connectivity index (χ1n) is 9.15. The number of hydrogen-bond acceptors (Lipinski definition) is 5. The van der Waals surface area contributed by atoms with Crippen molar-refractivity contribution in [1.82, 2.24) is 0 Å². The summed E-state index contributed by atoms with van der Waals surface area (Å²) < 4.78 is 0. The predicted molar refractivity (Wildman–Crippen MR) is 90.4 cm³/mol. The van der Waals surface area contributed by atoms with Crippen molar-refractivity contribution in [1.29, 1.82) is 0 Å². The quantitative estimate of drug-likeness (QED) is 0.572. The molecule has 4 aliphatic rings. The number of Topliss-reactive ketones (excluding diaryl/α,β-unsaturated/α-hetero) is 2. The van der Waals surface area contributed by atoms with Crippen molar-refractivity contribution in [2.75, 3.05) is 0 Å². The number of ketones is 2. The first-order chi connectivity index (χ1) is 11.6. The van der Waals surface area contributed by atoms with Crippen LogP contribution in [-0.2, 0) is 9.59 Å². The molecule has 8 atom stereocenters. The van der Waals surface area contributed by atoms with Gasteiger partial charge >= 0.3 is 0 Å². The van der Waals surface area contributed by atoms with E-state index < -0.39 is 40.8 Å². The van der Waals surface area contributed by atoms with Crippen LogP contribution in [0.5, 0.6) is 0 Å². The Labute approximate surface area is 147 Å². The third kappa shape index (κ3) is 1.79. The molecule has 2 fully saturated rings. The summed E-state index contributed by atoms with van der Waals surface area (Å²) in [5, 5.41) is 32.2. The molecule has 5 heteroatoms. The summed E-state index contributed by atoms with van der Waals surface area (Å²) in [5.41, 5.74) is -0.774. The molecule has 0 aromatic heterocycles. The molecule has 0 saturated heterocycles. The van der Waals surface area contributed by atoms with Crippen molar-refractivity contribution in [2.24, 2.45) is 28.6 Å². The molecule has 136 valence electrons. The normalized spacial score (nSPS) is 52.3. The lowest BCUT2D eigenvalue weighted by Gasteiger charge is -2.54. The van der Waals surface area contributed by atoms with Crippen LogP contribution in [0.2, 0.25) is 0 Å². The summed E-state index contributed by atoms with van der Waals surface area (Å²) in [7, 11) is 0. The maximum Gasteiger partial charge on any atom is 0.189 e. The van der Waals surface area contributed by atoms with E-state index in [1.165, 1.54) is 0 Å².